The number of nitrogens with one attached hydrogen (secondary N) is 3. The van der Waals surface area contributed by atoms with Gasteiger partial charge < -0.3 is 15.4 Å². The van der Waals surface area contributed by atoms with Crippen molar-refractivity contribution in [3.8, 4) is 0 Å². The van der Waals surface area contributed by atoms with Gasteiger partial charge in [-0.05, 0) is 25.2 Å². The third-order valence-corrected chi connectivity index (χ3v) is 3.43. The SMILES string of the molecule is CCCNc1nc(NCCOCC2CC2)c2cn[nH]c2n1. The van der Waals surface area contributed by atoms with Gasteiger partial charge in [0.1, 0.15) is 5.82 Å². The van der Waals surface area contributed by atoms with E-state index in [2.05, 4.69) is 37.7 Å². The van der Waals surface area contributed by atoms with Gasteiger partial charge >= 0.3 is 0 Å². The maximum atomic E-state index is 5.62. The summed E-state index contributed by atoms with van der Waals surface area (Å²) in [5.74, 6) is 2.21. The molecule has 0 aromatic carbocycles. The Morgan fingerprint density at radius 2 is 2.19 bits per heavy atom. The molecule has 0 radical (unpaired) electrons. The van der Waals surface area contributed by atoms with Crippen molar-refractivity contribution in [3.05, 3.63) is 6.20 Å². The summed E-state index contributed by atoms with van der Waals surface area (Å²) in [7, 11) is 0. The van der Waals surface area contributed by atoms with E-state index in [1.807, 2.05) is 0 Å². The van der Waals surface area contributed by atoms with Crippen LogP contribution in [0.15, 0.2) is 6.20 Å². The van der Waals surface area contributed by atoms with E-state index in [1.165, 1.54) is 12.8 Å². The molecule has 2 aromatic rings. The summed E-state index contributed by atoms with van der Waals surface area (Å²) in [5, 5.41) is 14.3. The van der Waals surface area contributed by atoms with Gasteiger partial charge in [0, 0.05) is 19.7 Å². The topological polar surface area (TPSA) is 87.8 Å². The largest absolute Gasteiger partial charge is 0.379 e. The molecule has 21 heavy (non-hydrogen) atoms. The highest BCUT2D eigenvalue weighted by atomic mass is 16.5. The number of aromatic amines is 1. The Bertz CT molecular complexity index is 580. The van der Waals surface area contributed by atoms with Crippen LogP contribution in [0.1, 0.15) is 26.2 Å². The molecule has 0 aliphatic heterocycles. The molecule has 0 atom stereocenters. The average molecular weight is 290 g/mol. The minimum absolute atomic E-state index is 0.620. The van der Waals surface area contributed by atoms with Crippen molar-refractivity contribution in [2.24, 2.45) is 5.92 Å². The molecular formula is C14H22N6O. The molecule has 3 rings (SSSR count). The van der Waals surface area contributed by atoms with Gasteiger partial charge in [-0.25, -0.2) is 0 Å². The van der Waals surface area contributed by atoms with Gasteiger partial charge in [-0.2, -0.15) is 15.1 Å². The van der Waals surface area contributed by atoms with Crippen LogP contribution in [0.25, 0.3) is 11.0 Å². The summed E-state index contributed by atoms with van der Waals surface area (Å²) < 4.78 is 5.62. The molecule has 3 N–H and O–H groups in total. The van der Waals surface area contributed by atoms with Crippen molar-refractivity contribution in [1.29, 1.82) is 0 Å². The Labute approximate surface area is 123 Å². The highest BCUT2D eigenvalue weighted by Crippen LogP contribution is 2.28. The standard InChI is InChI=1S/C14H22N6O/c1-2-5-16-14-18-12(11-8-17-20-13(11)19-14)15-6-7-21-9-10-3-4-10/h8,10H,2-7,9H2,1H3,(H3,15,16,17,18,19,20). The van der Waals surface area contributed by atoms with Crippen LogP contribution in [0.5, 0.6) is 0 Å². The molecule has 1 aliphatic carbocycles. The second-order valence-electron chi connectivity index (χ2n) is 5.40. The second kappa shape index (κ2) is 6.71. The first-order valence-electron chi connectivity index (χ1n) is 7.63. The van der Waals surface area contributed by atoms with Crippen molar-refractivity contribution in [2.45, 2.75) is 26.2 Å². The van der Waals surface area contributed by atoms with Crippen LogP contribution in [-0.2, 0) is 4.74 Å². The van der Waals surface area contributed by atoms with Crippen LogP contribution in [0.4, 0.5) is 11.8 Å². The van der Waals surface area contributed by atoms with E-state index in [0.29, 0.717) is 12.6 Å². The van der Waals surface area contributed by atoms with Crippen LogP contribution >= 0.6 is 0 Å². The normalized spacial score (nSPS) is 14.5. The summed E-state index contributed by atoms with van der Waals surface area (Å²) in [4.78, 5) is 8.90. The number of ether oxygens (including phenoxy) is 1. The maximum absolute atomic E-state index is 5.62. The van der Waals surface area contributed by atoms with E-state index >= 15 is 0 Å². The van der Waals surface area contributed by atoms with E-state index < -0.39 is 0 Å². The molecule has 7 nitrogen and oxygen atoms in total. The number of hydrogen-bond donors (Lipinski definition) is 3. The smallest absolute Gasteiger partial charge is 0.226 e. The highest BCUT2D eigenvalue weighted by molar-refractivity contribution is 5.86. The lowest BCUT2D eigenvalue weighted by atomic mass is 10.4. The Balaban J connectivity index is 1.59. The fraction of sp³-hybridized carbons (Fsp3) is 0.643. The third kappa shape index (κ3) is 3.81. The quantitative estimate of drug-likeness (QED) is 0.612. The molecule has 0 saturated heterocycles. The second-order valence-corrected chi connectivity index (χ2v) is 5.40. The molecule has 114 valence electrons. The lowest BCUT2D eigenvalue weighted by Crippen LogP contribution is -2.13. The van der Waals surface area contributed by atoms with Crippen LogP contribution in [0, 0.1) is 5.92 Å². The van der Waals surface area contributed by atoms with Crippen molar-refractivity contribution in [2.75, 3.05) is 36.9 Å². The average Bonchev–Trinajstić information content (AvgIpc) is 3.19. The Hall–Kier alpha value is -1.89. The van der Waals surface area contributed by atoms with E-state index in [-0.39, 0.29) is 0 Å². The summed E-state index contributed by atoms with van der Waals surface area (Å²) in [5.41, 5.74) is 0.741. The number of nitrogens with zero attached hydrogens (tertiary/aromatic N) is 3. The zero-order chi connectivity index (χ0) is 14.5. The fourth-order valence-corrected chi connectivity index (χ4v) is 2.06. The molecule has 0 spiro atoms. The van der Waals surface area contributed by atoms with Crippen molar-refractivity contribution in [3.63, 3.8) is 0 Å². The minimum atomic E-state index is 0.620. The fourth-order valence-electron chi connectivity index (χ4n) is 2.06. The number of hydrogen-bond acceptors (Lipinski definition) is 6. The van der Waals surface area contributed by atoms with Gasteiger partial charge in [-0.1, -0.05) is 6.92 Å². The van der Waals surface area contributed by atoms with Gasteiger partial charge in [-0.15, -0.1) is 0 Å². The first kappa shape index (κ1) is 14.1. The monoisotopic (exact) mass is 290 g/mol. The van der Waals surface area contributed by atoms with Crippen LogP contribution in [-0.4, -0.2) is 46.5 Å². The predicted molar refractivity (Wildman–Crippen MR) is 82.5 cm³/mol. The van der Waals surface area contributed by atoms with Gasteiger partial charge in [-0.3, -0.25) is 5.10 Å². The van der Waals surface area contributed by atoms with E-state index in [4.69, 9.17) is 4.74 Å². The lowest BCUT2D eigenvalue weighted by molar-refractivity contribution is 0.134. The van der Waals surface area contributed by atoms with E-state index in [1.54, 1.807) is 6.20 Å². The molecule has 1 saturated carbocycles. The Morgan fingerprint density at radius 3 is 3.00 bits per heavy atom. The third-order valence-electron chi connectivity index (χ3n) is 3.43. The predicted octanol–water partition coefficient (Wildman–Crippen LogP) is 2.01. The number of rotatable bonds is 9. The van der Waals surface area contributed by atoms with Gasteiger partial charge in [0.25, 0.3) is 0 Å². The Kier molecular flexibility index (Phi) is 4.49. The number of aromatic nitrogens is 4. The van der Waals surface area contributed by atoms with Crippen LogP contribution in [0.3, 0.4) is 0 Å². The Morgan fingerprint density at radius 1 is 1.29 bits per heavy atom. The summed E-state index contributed by atoms with van der Waals surface area (Å²) in [6.07, 6.45) is 5.41. The first-order chi connectivity index (χ1) is 10.4. The number of fused-ring (bicyclic) bond motifs is 1. The zero-order valence-corrected chi connectivity index (χ0v) is 12.4. The first-order valence-corrected chi connectivity index (χ1v) is 7.63. The van der Waals surface area contributed by atoms with Gasteiger partial charge in [0.05, 0.1) is 18.2 Å². The lowest BCUT2D eigenvalue weighted by Gasteiger charge is -2.09. The van der Waals surface area contributed by atoms with Gasteiger partial charge in [0.15, 0.2) is 5.65 Å². The van der Waals surface area contributed by atoms with E-state index in [9.17, 15) is 0 Å². The maximum Gasteiger partial charge on any atom is 0.226 e. The van der Waals surface area contributed by atoms with Gasteiger partial charge in [0.2, 0.25) is 5.95 Å². The van der Waals surface area contributed by atoms with Crippen LogP contribution < -0.4 is 10.6 Å². The molecule has 7 heteroatoms. The molecule has 0 amide bonds. The van der Waals surface area contributed by atoms with Crippen molar-refractivity contribution >= 4 is 22.8 Å². The molecule has 1 aliphatic rings. The molecule has 2 aromatic heterocycles. The minimum Gasteiger partial charge on any atom is -0.379 e. The highest BCUT2D eigenvalue weighted by Gasteiger charge is 2.20. The van der Waals surface area contributed by atoms with Crippen molar-refractivity contribution in [1.82, 2.24) is 20.2 Å². The summed E-state index contributed by atoms with van der Waals surface area (Å²) in [6.45, 7) is 5.27. The molecular weight excluding hydrogens is 268 g/mol. The molecule has 0 unspecified atom stereocenters. The van der Waals surface area contributed by atoms with Crippen molar-refractivity contribution < 1.29 is 4.74 Å². The molecule has 2 heterocycles. The number of anilines is 2. The summed E-state index contributed by atoms with van der Waals surface area (Å²) >= 11 is 0. The molecule has 1 fully saturated rings. The summed E-state index contributed by atoms with van der Waals surface area (Å²) in [6, 6.07) is 0. The van der Waals surface area contributed by atoms with E-state index in [0.717, 1.165) is 48.9 Å². The van der Waals surface area contributed by atoms with Crippen LogP contribution in [0.2, 0.25) is 0 Å². The zero-order valence-electron chi connectivity index (χ0n) is 12.4. The molecule has 0 bridgehead atoms. The number of H-pyrrole nitrogens is 1.